The van der Waals surface area contributed by atoms with Crippen LogP contribution < -0.4 is 0 Å². The molecule has 1 aliphatic rings. The third kappa shape index (κ3) is 2.08. The molecule has 2 heterocycles. The number of imidazole rings is 1. The van der Waals surface area contributed by atoms with Crippen LogP contribution in [0.3, 0.4) is 0 Å². The molecule has 110 valence electrons. The number of aromatic nitrogens is 4. The molecule has 0 saturated carbocycles. The van der Waals surface area contributed by atoms with Gasteiger partial charge in [0.25, 0.3) is 0 Å². The van der Waals surface area contributed by atoms with Gasteiger partial charge in [0.05, 0.1) is 23.9 Å². The fourth-order valence-electron chi connectivity index (χ4n) is 3.31. The molecule has 1 aromatic carbocycles. The van der Waals surface area contributed by atoms with Crippen molar-refractivity contribution in [3.05, 3.63) is 58.9 Å². The molecule has 0 spiro atoms. The van der Waals surface area contributed by atoms with E-state index in [1.807, 2.05) is 13.1 Å². The number of nitrogens with one attached hydrogen (secondary N) is 2. The SMILES string of the molecule is Cc1n[nH]c(C)c1-c1ccc2c(c1)C(=Cc1cnc[nH]1)CC2. The van der Waals surface area contributed by atoms with Gasteiger partial charge in [0, 0.05) is 11.3 Å². The fraction of sp³-hybridized carbons (Fsp3) is 0.222. The molecule has 0 atom stereocenters. The first-order chi connectivity index (χ1) is 10.7. The molecule has 0 radical (unpaired) electrons. The maximum Gasteiger partial charge on any atom is 0.0924 e. The second kappa shape index (κ2) is 4.98. The Morgan fingerprint density at radius 2 is 2.09 bits per heavy atom. The van der Waals surface area contributed by atoms with Gasteiger partial charge in [-0.25, -0.2) is 4.98 Å². The molecular formula is C18H18N4. The van der Waals surface area contributed by atoms with Crippen LogP contribution in [0, 0.1) is 13.8 Å². The minimum atomic E-state index is 1.05. The highest BCUT2D eigenvalue weighted by atomic mass is 15.1. The van der Waals surface area contributed by atoms with Crippen LogP contribution in [0.15, 0.2) is 30.7 Å². The van der Waals surface area contributed by atoms with Crippen molar-refractivity contribution in [3.8, 4) is 11.1 Å². The molecule has 0 fully saturated rings. The molecular weight excluding hydrogens is 272 g/mol. The molecule has 4 rings (SSSR count). The zero-order valence-electron chi connectivity index (χ0n) is 12.8. The number of aryl methyl sites for hydroxylation is 3. The Morgan fingerprint density at radius 1 is 1.18 bits per heavy atom. The monoisotopic (exact) mass is 290 g/mol. The molecule has 0 saturated heterocycles. The van der Waals surface area contributed by atoms with Gasteiger partial charge in [-0.2, -0.15) is 5.10 Å². The van der Waals surface area contributed by atoms with E-state index >= 15 is 0 Å². The molecule has 2 aromatic heterocycles. The standard InChI is InChI=1S/C18H18N4/c1-11-18(12(2)22-21-11)15-6-4-13-3-5-14(17(13)8-15)7-16-9-19-10-20-16/h4,6-10H,3,5H2,1-2H3,(H,19,20)(H,21,22). The summed E-state index contributed by atoms with van der Waals surface area (Å²) in [5.74, 6) is 0. The lowest BCUT2D eigenvalue weighted by atomic mass is 9.97. The summed E-state index contributed by atoms with van der Waals surface area (Å²) in [6, 6.07) is 6.77. The van der Waals surface area contributed by atoms with Crippen LogP contribution in [0.1, 0.15) is 34.6 Å². The van der Waals surface area contributed by atoms with E-state index in [2.05, 4.69) is 51.4 Å². The minimum absolute atomic E-state index is 1.05. The Balaban J connectivity index is 1.81. The van der Waals surface area contributed by atoms with E-state index < -0.39 is 0 Å². The van der Waals surface area contributed by atoms with E-state index in [0.29, 0.717) is 0 Å². The highest BCUT2D eigenvalue weighted by Crippen LogP contribution is 2.37. The molecule has 0 bridgehead atoms. The number of rotatable bonds is 2. The normalized spacial score (nSPS) is 15.5. The summed E-state index contributed by atoms with van der Waals surface area (Å²) < 4.78 is 0. The van der Waals surface area contributed by atoms with Crippen LogP contribution in [0.5, 0.6) is 0 Å². The predicted octanol–water partition coefficient (Wildman–Crippen LogP) is 3.90. The second-order valence-electron chi connectivity index (χ2n) is 5.86. The van der Waals surface area contributed by atoms with E-state index in [9.17, 15) is 0 Å². The van der Waals surface area contributed by atoms with E-state index in [1.165, 1.54) is 27.8 Å². The van der Waals surface area contributed by atoms with Crippen molar-refractivity contribution in [2.75, 3.05) is 0 Å². The van der Waals surface area contributed by atoms with Crippen LogP contribution in [-0.4, -0.2) is 20.2 Å². The van der Waals surface area contributed by atoms with E-state index in [4.69, 9.17) is 0 Å². The molecule has 4 nitrogen and oxygen atoms in total. The van der Waals surface area contributed by atoms with Gasteiger partial charge in [0.15, 0.2) is 0 Å². The van der Waals surface area contributed by atoms with Crippen molar-refractivity contribution >= 4 is 11.6 Å². The summed E-state index contributed by atoms with van der Waals surface area (Å²) in [7, 11) is 0. The zero-order valence-corrected chi connectivity index (χ0v) is 12.8. The first-order valence-corrected chi connectivity index (χ1v) is 7.56. The summed E-state index contributed by atoms with van der Waals surface area (Å²) >= 11 is 0. The third-order valence-electron chi connectivity index (χ3n) is 4.39. The molecule has 4 heteroatoms. The lowest BCUT2D eigenvalue weighted by molar-refractivity contribution is 1.02. The smallest absolute Gasteiger partial charge is 0.0924 e. The Hall–Kier alpha value is -2.62. The summed E-state index contributed by atoms with van der Waals surface area (Å²) in [6.45, 7) is 4.12. The average molecular weight is 290 g/mol. The number of hydrogen-bond donors (Lipinski definition) is 2. The van der Waals surface area contributed by atoms with E-state index in [-0.39, 0.29) is 0 Å². The van der Waals surface area contributed by atoms with E-state index in [1.54, 1.807) is 6.33 Å². The number of allylic oxidation sites excluding steroid dienone is 1. The second-order valence-corrected chi connectivity index (χ2v) is 5.86. The van der Waals surface area contributed by atoms with Gasteiger partial charge in [-0.1, -0.05) is 12.1 Å². The van der Waals surface area contributed by atoms with Crippen LogP contribution in [0.25, 0.3) is 22.8 Å². The Morgan fingerprint density at radius 3 is 2.82 bits per heavy atom. The largest absolute Gasteiger partial charge is 0.345 e. The van der Waals surface area contributed by atoms with Crippen LogP contribution >= 0.6 is 0 Å². The van der Waals surface area contributed by atoms with Gasteiger partial charge in [-0.3, -0.25) is 5.10 Å². The summed E-state index contributed by atoms with van der Waals surface area (Å²) in [4.78, 5) is 7.24. The van der Waals surface area contributed by atoms with Gasteiger partial charge >= 0.3 is 0 Å². The number of hydrogen-bond acceptors (Lipinski definition) is 2. The maximum atomic E-state index is 4.31. The molecule has 22 heavy (non-hydrogen) atoms. The van der Waals surface area contributed by atoms with Gasteiger partial charge in [-0.05, 0) is 61.1 Å². The highest BCUT2D eigenvalue weighted by molar-refractivity contribution is 5.86. The number of benzene rings is 1. The Labute approximate surface area is 129 Å². The topological polar surface area (TPSA) is 57.4 Å². The van der Waals surface area contributed by atoms with Crippen molar-refractivity contribution in [1.82, 2.24) is 20.2 Å². The Kier molecular flexibility index (Phi) is 2.96. The summed E-state index contributed by atoms with van der Waals surface area (Å²) in [5, 5.41) is 7.39. The van der Waals surface area contributed by atoms with Crippen molar-refractivity contribution < 1.29 is 0 Å². The lowest BCUT2D eigenvalue weighted by Crippen LogP contribution is -1.87. The first-order valence-electron chi connectivity index (χ1n) is 7.56. The van der Waals surface area contributed by atoms with Crippen LogP contribution in [-0.2, 0) is 6.42 Å². The van der Waals surface area contributed by atoms with Gasteiger partial charge in [-0.15, -0.1) is 0 Å². The average Bonchev–Trinajstić information content (AvgIpc) is 3.22. The van der Waals surface area contributed by atoms with Crippen molar-refractivity contribution in [2.24, 2.45) is 0 Å². The van der Waals surface area contributed by atoms with Gasteiger partial charge in [0.1, 0.15) is 0 Å². The molecule has 1 aliphatic carbocycles. The third-order valence-corrected chi connectivity index (χ3v) is 4.39. The van der Waals surface area contributed by atoms with Crippen molar-refractivity contribution in [3.63, 3.8) is 0 Å². The summed E-state index contributed by atoms with van der Waals surface area (Å²) in [5.41, 5.74) is 9.84. The summed E-state index contributed by atoms with van der Waals surface area (Å²) in [6.07, 6.45) is 7.98. The molecule has 0 unspecified atom stereocenters. The Bertz CT molecular complexity index is 834. The zero-order chi connectivity index (χ0) is 15.1. The number of fused-ring (bicyclic) bond motifs is 1. The minimum Gasteiger partial charge on any atom is -0.345 e. The van der Waals surface area contributed by atoms with Crippen molar-refractivity contribution in [2.45, 2.75) is 26.7 Å². The molecule has 2 N–H and O–H groups in total. The van der Waals surface area contributed by atoms with Gasteiger partial charge in [0.2, 0.25) is 0 Å². The van der Waals surface area contributed by atoms with Crippen LogP contribution in [0.2, 0.25) is 0 Å². The van der Waals surface area contributed by atoms with E-state index in [0.717, 1.165) is 29.9 Å². The molecule has 0 amide bonds. The molecule has 3 aromatic rings. The van der Waals surface area contributed by atoms with Crippen LogP contribution in [0.4, 0.5) is 0 Å². The number of H-pyrrole nitrogens is 2. The van der Waals surface area contributed by atoms with Crippen molar-refractivity contribution in [1.29, 1.82) is 0 Å². The highest BCUT2D eigenvalue weighted by Gasteiger charge is 2.18. The quantitative estimate of drug-likeness (QED) is 0.752. The maximum absolute atomic E-state index is 4.31. The fourth-order valence-corrected chi connectivity index (χ4v) is 3.31. The molecule has 0 aliphatic heterocycles. The first kappa shape index (κ1) is 13.1. The number of aromatic amines is 2. The number of nitrogens with zero attached hydrogens (tertiary/aromatic N) is 2. The predicted molar refractivity (Wildman–Crippen MR) is 88.3 cm³/mol. The van der Waals surface area contributed by atoms with Gasteiger partial charge < -0.3 is 4.98 Å². The lowest BCUT2D eigenvalue weighted by Gasteiger charge is -2.07.